The fourth-order valence-corrected chi connectivity index (χ4v) is 2.03. The van der Waals surface area contributed by atoms with E-state index in [2.05, 4.69) is 22.2 Å². The molecule has 1 aromatic rings. The van der Waals surface area contributed by atoms with E-state index in [0.29, 0.717) is 6.54 Å². The molecule has 0 aliphatic carbocycles. The number of nitrogens with zero attached hydrogens (tertiary/aromatic N) is 1. The maximum absolute atomic E-state index is 12.7. The van der Waals surface area contributed by atoms with Crippen LogP contribution >= 0.6 is 35.7 Å². The lowest BCUT2D eigenvalue weighted by atomic mass is 10.4. The van der Waals surface area contributed by atoms with Crippen LogP contribution in [0.3, 0.4) is 0 Å². The zero-order valence-electron chi connectivity index (χ0n) is 10.9. The molecule has 0 amide bonds. The second-order valence-corrected chi connectivity index (χ2v) is 4.64. The summed E-state index contributed by atoms with van der Waals surface area (Å²) < 4.78 is 12.7. The highest BCUT2D eigenvalue weighted by Crippen LogP contribution is 2.16. The van der Waals surface area contributed by atoms with E-state index in [1.54, 1.807) is 37.0 Å². The molecule has 0 saturated carbocycles. The SMILES string of the molecule is C=CCNC(=NC)NCCSc1ccc(F)cc1.I. The van der Waals surface area contributed by atoms with Crippen molar-refractivity contribution in [3.63, 3.8) is 0 Å². The number of thioether (sulfide) groups is 1. The molecule has 2 N–H and O–H groups in total. The molecule has 0 bridgehead atoms. The fourth-order valence-electron chi connectivity index (χ4n) is 1.26. The van der Waals surface area contributed by atoms with E-state index in [1.807, 2.05) is 0 Å². The first-order valence-electron chi connectivity index (χ1n) is 5.70. The van der Waals surface area contributed by atoms with E-state index < -0.39 is 0 Å². The Morgan fingerprint density at radius 2 is 2.05 bits per heavy atom. The van der Waals surface area contributed by atoms with E-state index in [0.717, 1.165) is 23.2 Å². The zero-order chi connectivity index (χ0) is 13.2. The van der Waals surface area contributed by atoms with E-state index in [1.165, 1.54) is 12.1 Å². The van der Waals surface area contributed by atoms with Crippen molar-refractivity contribution in [2.24, 2.45) is 4.99 Å². The van der Waals surface area contributed by atoms with Gasteiger partial charge in [-0.05, 0) is 24.3 Å². The molecule has 106 valence electrons. The highest BCUT2D eigenvalue weighted by Gasteiger charge is 1.97. The molecule has 3 nitrogen and oxygen atoms in total. The molecule has 0 aliphatic heterocycles. The summed E-state index contributed by atoms with van der Waals surface area (Å²) in [7, 11) is 1.73. The summed E-state index contributed by atoms with van der Waals surface area (Å²) in [4.78, 5) is 5.13. The van der Waals surface area contributed by atoms with Crippen molar-refractivity contribution < 1.29 is 4.39 Å². The van der Waals surface area contributed by atoms with Gasteiger partial charge >= 0.3 is 0 Å². The molecule has 0 heterocycles. The molecule has 6 heteroatoms. The van der Waals surface area contributed by atoms with Crippen LogP contribution in [-0.4, -0.2) is 31.8 Å². The predicted molar refractivity (Wildman–Crippen MR) is 92.1 cm³/mol. The van der Waals surface area contributed by atoms with Gasteiger partial charge in [0.1, 0.15) is 5.82 Å². The van der Waals surface area contributed by atoms with E-state index in [-0.39, 0.29) is 29.8 Å². The minimum absolute atomic E-state index is 0. The van der Waals surface area contributed by atoms with Crippen LogP contribution in [0.5, 0.6) is 0 Å². The monoisotopic (exact) mass is 395 g/mol. The first kappa shape index (κ1) is 18.2. The van der Waals surface area contributed by atoms with Crippen LogP contribution in [0.25, 0.3) is 0 Å². The van der Waals surface area contributed by atoms with Crippen molar-refractivity contribution in [1.82, 2.24) is 10.6 Å². The highest BCUT2D eigenvalue weighted by molar-refractivity contribution is 14.0. The molecule has 0 aromatic heterocycles. The number of guanidine groups is 1. The Bertz CT molecular complexity index is 395. The third-order valence-corrected chi connectivity index (χ3v) is 3.13. The lowest BCUT2D eigenvalue weighted by Crippen LogP contribution is -2.38. The third kappa shape index (κ3) is 8.10. The van der Waals surface area contributed by atoms with E-state index in [9.17, 15) is 4.39 Å². The Balaban J connectivity index is 0.00000324. The van der Waals surface area contributed by atoms with Gasteiger partial charge in [-0.25, -0.2) is 4.39 Å². The summed E-state index contributed by atoms with van der Waals surface area (Å²) in [6.07, 6.45) is 1.78. The van der Waals surface area contributed by atoms with Crippen molar-refractivity contribution in [3.8, 4) is 0 Å². The Morgan fingerprint density at radius 3 is 2.63 bits per heavy atom. The first-order chi connectivity index (χ1) is 8.76. The summed E-state index contributed by atoms with van der Waals surface area (Å²) >= 11 is 1.67. The molecule has 0 atom stereocenters. The van der Waals surface area contributed by atoms with Crippen LogP contribution in [0.4, 0.5) is 4.39 Å². The molecule has 0 saturated heterocycles. The van der Waals surface area contributed by atoms with Crippen LogP contribution in [0.15, 0.2) is 46.8 Å². The van der Waals surface area contributed by atoms with Gasteiger partial charge in [-0.15, -0.1) is 42.3 Å². The minimum atomic E-state index is -0.202. The van der Waals surface area contributed by atoms with Gasteiger partial charge in [0.05, 0.1) is 0 Å². The number of benzene rings is 1. The van der Waals surface area contributed by atoms with Gasteiger partial charge in [-0.1, -0.05) is 6.08 Å². The third-order valence-electron chi connectivity index (χ3n) is 2.11. The standard InChI is InChI=1S/C13H18FN3S.HI/c1-3-8-16-13(15-2)17-9-10-18-12-6-4-11(14)5-7-12;/h3-7H,1,8-10H2,2H3,(H2,15,16,17);1H. The quantitative estimate of drug-likeness (QED) is 0.194. The van der Waals surface area contributed by atoms with Crippen molar-refractivity contribution >= 4 is 41.7 Å². The second-order valence-electron chi connectivity index (χ2n) is 3.47. The summed E-state index contributed by atoms with van der Waals surface area (Å²) in [6.45, 7) is 5.11. The van der Waals surface area contributed by atoms with Crippen molar-refractivity contribution in [2.75, 3.05) is 25.9 Å². The van der Waals surface area contributed by atoms with Crippen LogP contribution in [-0.2, 0) is 0 Å². The van der Waals surface area contributed by atoms with Crippen LogP contribution in [0, 0.1) is 5.82 Å². The lowest BCUT2D eigenvalue weighted by Gasteiger charge is -2.09. The number of aliphatic imine (C=N–C) groups is 1. The van der Waals surface area contributed by atoms with Crippen LogP contribution < -0.4 is 10.6 Å². The molecule has 0 fully saturated rings. The van der Waals surface area contributed by atoms with Crippen molar-refractivity contribution in [3.05, 3.63) is 42.7 Å². The zero-order valence-corrected chi connectivity index (χ0v) is 14.0. The summed E-state index contributed by atoms with van der Waals surface area (Å²) in [6, 6.07) is 6.51. The average Bonchev–Trinajstić information content (AvgIpc) is 2.40. The molecular weight excluding hydrogens is 376 g/mol. The lowest BCUT2D eigenvalue weighted by molar-refractivity contribution is 0.626. The summed E-state index contributed by atoms with van der Waals surface area (Å²) in [5.74, 6) is 1.45. The van der Waals surface area contributed by atoms with Gasteiger partial charge in [-0.2, -0.15) is 0 Å². The summed E-state index contributed by atoms with van der Waals surface area (Å²) in [5, 5.41) is 6.27. The minimum Gasteiger partial charge on any atom is -0.356 e. The molecule has 0 radical (unpaired) electrons. The van der Waals surface area contributed by atoms with Gasteiger partial charge in [0.25, 0.3) is 0 Å². The molecule has 0 spiro atoms. The van der Waals surface area contributed by atoms with Crippen LogP contribution in [0.2, 0.25) is 0 Å². The second kappa shape index (κ2) is 11.1. The highest BCUT2D eigenvalue weighted by atomic mass is 127. The maximum atomic E-state index is 12.7. The number of halogens is 2. The van der Waals surface area contributed by atoms with Gasteiger partial charge < -0.3 is 10.6 Å². The molecule has 1 aromatic carbocycles. The Labute approximate surface area is 135 Å². The molecule has 0 unspecified atom stereocenters. The maximum Gasteiger partial charge on any atom is 0.191 e. The molecular formula is C13H19FIN3S. The summed E-state index contributed by atoms with van der Waals surface area (Å²) in [5.41, 5.74) is 0. The Kier molecular flexibility index (Phi) is 10.7. The molecule has 19 heavy (non-hydrogen) atoms. The van der Waals surface area contributed by atoms with Gasteiger partial charge in [0, 0.05) is 30.8 Å². The Morgan fingerprint density at radius 1 is 1.37 bits per heavy atom. The first-order valence-corrected chi connectivity index (χ1v) is 6.68. The number of hydrogen-bond donors (Lipinski definition) is 2. The van der Waals surface area contributed by atoms with E-state index in [4.69, 9.17) is 0 Å². The number of nitrogens with one attached hydrogen (secondary N) is 2. The number of hydrogen-bond acceptors (Lipinski definition) is 2. The molecule has 0 aliphatic rings. The van der Waals surface area contributed by atoms with Gasteiger partial charge in [-0.3, -0.25) is 4.99 Å². The predicted octanol–water partition coefficient (Wildman–Crippen LogP) is 2.89. The largest absolute Gasteiger partial charge is 0.356 e. The topological polar surface area (TPSA) is 36.4 Å². The normalized spacial score (nSPS) is 10.5. The van der Waals surface area contributed by atoms with E-state index >= 15 is 0 Å². The smallest absolute Gasteiger partial charge is 0.191 e. The average molecular weight is 395 g/mol. The van der Waals surface area contributed by atoms with Crippen LogP contribution in [0.1, 0.15) is 0 Å². The fraction of sp³-hybridized carbons (Fsp3) is 0.308. The van der Waals surface area contributed by atoms with Crippen molar-refractivity contribution in [2.45, 2.75) is 4.90 Å². The number of rotatable bonds is 6. The molecule has 1 rings (SSSR count). The Hall–Kier alpha value is -0.760. The van der Waals surface area contributed by atoms with Gasteiger partial charge in [0.2, 0.25) is 0 Å². The van der Waals surface area contributed by atoms with Gasteiger partial charge in [0.15, 0.2) is 5.96 Å². The van der Waals surface area contributed by atoms with Crippen molar-refractivity contribution in [1.29, 1.82) is 0 Å².